The maximum atomic E-state index is 12.3. The van der Waals surface area contributed by atoms with Crippen molar-refractivity contribution < 1.29 is 14.3 Å². The molecule has 0 bridgehead atoms. The van der Waals surface area contributed by atoms with Crippen LogP contribution in [-0.4, -0.2) is 31.7 Å². The van der Waals surface area contributed by atoms with E-state index in [1.807, 2.05) is 37.3 Å². The molecule has 2 aromatic carbocycles. The third kappa shape index (κ3) is 5.15. The number of carbonyl (C=O) groups excluding carboxylic acids is 1. The highest BCUT2D eigenvalue weighted by Gasteiger charge is 2.10. The number of hydrogen-bond acceptors (Lipinski definition) is 4. The van der Waals surface area contributed by atoms with E-state index in [9.17, 15) is 4.79 Å². The van der Waals surface area contributed by atoms with E-state index in [-0.39, 0.29) is 6.03 Å². The summed E-state index contributed by atoms with van der Waals surface area (Å²) >= 11 is 0. The first-order valence-electron chi connectivity index (χ1n) is 8.35. The van der Waals surface area contributed by atoms with E-state index in [0.29, 0.717) is 36.8 Å². The molecule has 26 heavy (non-hydrogen) atoms. The normalized spacial score (nSPS) is 9.92. The van der Waals surface area contributed by atoms with Gasteiger partial charge in [0.2, 0.25) is 0 Å². The van der Waals surface area contributed by atoms with Crippen LogP contribution in [0.3, 0.4) is 0 Å². The van der Waals surface area contributed by atoms with Crippen LogP contribution in [-0.2, 0) is 13.1 Å². The lowest BCUT2D eigenvalue weighted by molar-refractivity contribution is 0.206. The summed E-state index contributed by atoms with van der Waals surface area (Å²) in [6.45, 7) is 3.33. The van der Waals surface area contributed by atoms with Crippen LogP contribution in [0.15, 0.2) is 42.5 Å². The average Bonchev–Trinajstić information content (AvgIpc) is 2.67. The summed E-state index contributed by atoms with van der Waals surface area (Å²) in [5.41, 5.74) is 2.49. The van der Waals surface area contributed by atoms with E-state index in [1.54, 1.807) is 31.2 Å². The van der Waals surface area contributed by atoms with Gasteiger partial charge in [0.15, 0.2) is 11.5 Å². The first kappa shape index (κ1) is 19.1. The Bertz CT molecular complexity index is 782. The maximum absolute atomic E-state index is 12.3. The number of carbonyl (C=O) groups is 1. The Morgan fingerprint density at radius 3 is 2.46 bits per heavy atom. The number of rotatable bonds is 7. The van der Waals surface area contributed by atoms with Gasteiger partial charge in [-0.3, -0.25) is 0 Å². The molecule has 1 N–H and O–H groups in total. The van der Waals surface area contributed by atoms with Crippen molar-refractivity contribution in [3.63, 3.8) is 0 Å². The first-order valence-corrected chi connectivity index (χ1v) is 8.35. The Morgan fingerprint density at radius 1 is 1.15 bits per heavy atom. The second-order valence-electron chi connectivity index (χ2n) is 5.74. The van der Waals surface area contributed by atoms with Gasteiger partial charge >= 0.3 is 6.03 Å². The molecule has 2 amide bonds. The van der Waals surface area contributed by atoms with Gasteiger partial charge in [0.05, 0.1) is 25.3 Å². The van der Waals surface area contributed by atoms with Gasteiger partial charge in [-0.05, 0) is 42.3 Å². The number of amides is 2. The van der Waals surface area contributed by atoms with Gasteiger partial charge in [-0.25, -0.2) is 4.79 Å². The van der Waals surface area contributed by atoms with Crippen LogP contribution in [0.4, 0.5) is 4.79 Å². The fourth-order valence-corrected chi connectivity index (χ4v) is 2.44. The molecule has 6 heteroatoms. The number of benzene rings is 2. The van der Waals surface area contributed by atoms with Gasteiger partial charge in [0, 0.05) is 20.1 Å². The predicted octanol–water partition coefficient (Wildman–Crippen LogP) is 3.31. The van der Waals surface area contributed by atoms with Gasteiger partial charge in [-0.1, -0.05) is 18.2 Å². The number of nitrogens with zero attached hydrogens (tertiary/aromatic N) is 2. The van der Waals surface area contributed by atoms with Crippen molar-refractivity contribution in [2.45, 2.75) is 20.0 Å². The molecule has 0 aliphatic rings. The second kappa shape index (κ2) is 9.33. The van der Waals surface area contributed by atoms with E-state index in [2.05, 4.69) is 11.4 Å². The largest absolute Gasteiger partial charge is 0.493 e. The van der Waals surface area contributed by atoms with Crippen molar-refractivity contribution in [1.82, 2.24) is 10.2 Å². The Hall–Kier alpha value is -3.20. The van der Waals surface area contributed by atoms with Crippen molar-refractivity contribution in [2.75, 3.05) is 20.8 Å². The monoisotopic (exact) mass is 353 g/mol. The lowest BCUT2D eigenvalue weighted by Gasteiger charge is -2.18. The molecular weight excluding hydrogens is 330 g/mol. The van der Waals surface area contributed by atoms with Gasteiger partial charge in [0.25, 0.3) is 0 Å². The Kier molecular flexibility index (Phi) is 6.86. The van der Waals surface area contributed by atoms with Crippen molar-refractivity contribution in [2.24, 2.45) is 0 Å². The molecule has 0 aliphatic carbocycles. The molecule has 0 radical (unpaired) electrons. The number of methoxy groups -OCH3 is 1. The molecule has 0 aliphatic heterocycles. The number of nitriles is 1. The maximum Gasteiger partial charge on any atom is 0.317 e. The summed E-state index contributed by atoms with van der Waals surface area (Å²) in [5.74, 6) is 1.33. The van der Waals surface area contributed by atoms with Crippen molar-refractivity contribution in [1.29, 1.82) is 5.26 Å². The molecule has 0 saturated carbocycles. The molecule has 0 atom stereocenters. The molecule has 2 aromatic rings. The molecule has 0 unspecified atom stereocenters. The quantitative estimate of drug-likeness (QED) is 0.829. The predicted molar refractivity (Wildman–Crippen MR) is 99.0 cm³/mol. The summed E-state index contributed by atoms with van der Waals surface area (Å²) < 4.78 is 10.8. The molecule has 6 nitrogen and oxygen atoms in total. The Labute approximate surface area is 153 Å². The topological polar surface area (TPSA) is 74.6 Å². The minimum absolute atomic E-state index is 0.179. The lowest BCUT2D eigenvalue weighted by atomic mass is 10.1. The number of ether oxygens (including phenoxy) is 2. The smallest absolute Gasteiger partial charge is 0.317 e. The van der Waals surface area contributed by atoms with Crippen LogP contribution in [0.2, 0.25) is 0 Å². The average molecular weight is 353 g/mol. The lowest BCUT2D eigenvalue weighted by Crippen LogP contribution is -2.36. The molecule has 2 rings (SSSR count). The summed E-state index contributed by atoms with van der Waals surface area (Å²) in [6, 6.07) is 14.7. The Balaban J connectivity index is 1.91. The van der Waals surface area contributed by atoms with E-state index >= 15 is 0 Å². The summed E-state index contributed by atoms with van der Waals surface area (Å²) in [4.78, 5) is 13.9. The van der Waals surface area contributed by atoms with Crippen LogP contribution >= 0.6 is 0 Å². The van der Waals surface area contributed by atoms with Gasteiger partial charge < -0.3 is 19.7 Å². The highest BCUT2D eigenvalue weighted by Crippen LogP contribution is 2.27. The van der Waals surface area contributed by atoms with Crippen molar-refractivity contribution in [3.8, 4) is 17.6 Å². The zero-order valence-corrected chi connectivity index (χ0v) is 15.3. The van der Waals surface area contributed by atoms with E-state index in [1.165, 1.54) is 0 Å². The number of urea groups is 1. The zero-order chi connectivity index (χ0) is 18.9. The highest BCUT2D eigenvalue weighted by atomic mass is 16.5. The summed E-state index contributed by atoms with van der Waals surface area (Å²) in [6.07, 6.45) is 0. The van der Waals surface area contributed by atoms with Crippen molar-refractivity contribution in [3.05, 3.63) is 59.2 Å². The fourth-order valence-electron chi connectivity index (χ4n) is 2.44. The third-order valence-electron chi connectivity index (χ3n) is 3.82. The number of nitrogens with one attached hydrogen (secondary N) is 1. The highest BCUT2D eigenvalue weighted by molar-refractivity contribution is 5.73. The third-order valence-corrected chi connectivity index (χ3v) is 3.82. The Morgan fingerprint density at radius 2 is 1.85 bits per heavy atom. The molecule has 0 aromatic heterocycles. The van der Waals surface area contributed by atoms with Crippen molar-refractivity contribution >= 4 is 6.03 Å². The van der Waals surface area contributed by atoms with Gasteiger partial charge in [0.1, 0.15) is 0 Å². The van der Waals surface area contributed by atoms with E-state index < -0.39 is 0 Å². The minimum Gasteiger partial charge on any atom is -0.493 e. The molecule has 0 saturated heterocycles. The molecule has 0 fully saturated rings. The van der Waals surface area contributed by atoms with Crippen LogP contribution in [0.5, 0.6) is 11.5 Å². The van der Waals surface area contributed by atoms with Crippen LogP contribution in [0.25, 0.3) is 0 Å². The van der Waals surface area contributed by atoms with Gasteiger partial charge in [-0.15, -0.1) is 0 Å². The zero-order valence-electron chi connectivity index (χ0n) is 15.3. The standard InChI is InChI=1S/C20H23N3O3/c1-4-26-18-10-9-17(11-19(18)25-3)13-22-20(24)23(2)14-16-7-5-15(12-21)6-8-16/h5-11H,4,13-14H2,1-3H3,(H,22,24). The summed E-state index contributed by atoms with van der Waals surface area (Å²) in [5, 5.41) is 11.7. The SMILES string of the molecule is CCOc1ccc(CNC(=O)N(C)Cc2ccc(C#N)cc2)cc1OC. The second-order valence-corrected chi connectivity index (χ2v) is 5.74. The molecular formula is C20H23N3O3. The van der Waals surface area contributed by atoms with Crippen LogP contribution in [0.1, 0.15) is 23.6 Å². The van der Waals surface area contributed by atoms with Crippen LogP contribution < -0.4 is 14.8 Å². The van der Waals surface area contributed by atoms with E-state index in [4.69, 9.17) is 14.7 Å². The summed E-state index contributed by atoms with van der Waals surface area (Å²) in [7, 11) is 3.32. The molecule has 0 heterocycles. The van der Waals surface area contributed by atoms with Crippen LogP contribution in [0, 0.1) is 11.3 Å². The molecule has 0 spiro atoms. The minimum atomic E-state index is -0.179. The van der Waals surface area contributed by atoms with Gasteiger partial charge in [-0.2, -0.15) is 5.26 Å². The fraction of sp³-hybridized carbons (Fsp3) is 0.300. The first-order chi connectivity index (χ1) is 12.6. The molecule has 136 valence electrons. The van der Waals surface area contributed by atoms with E-state index in [0.717, 1.165) is 11.1 Å². The number of hydrogen-bond donors (Lipinski definition) is 1.